The second-order valence-electron chi connectivity index (χ2n) is 6.01. The van der Waals surface area contributed by atoms with E-state index in [1.165, 1.54) is 0 Å². The molecular formula is C18H22O4. The van der Waals surface area contributed by atoms with Crippen LogP contribution in [0.3, 0.4) is 0 Å². The maximum atomic E-state index is 10.4. The zero-order chi connectivity index (χ0) is 15.7. The number of phenolic OH excluding ortho intramolecular Hbond substituents is 2. The molecule has 2 aliphatic heterocycles. The first-order chi connectivity index (χ1) is 10.6. The second kappa shape index (κ2) is 6.15. The summed E-state index contributed by atoms with van der Waals surface area (Å²) < 4.78 is 11.1. The van der Waals surface area contributed by atoms with Crippen LogP contribution >= 0.6 is 0 Å². The highest BCUT2D eigenvalue weighted by Crippen LogP contribution is 2.45. The van der Waals surface area contributed by atoms with Crippen molar-refractivity contribution in [1.82, 2.24) is 0 Å². The Balaban J connectivity index is 2.15. The molecule has 0 radical (unpaired) electrons. The summed E-state index contributed by atoms with van der Waals surface area (Å²) >= 11 is 0. The SMILES string of the molecule is CC1=CCOCC1c1c(O)ccc(O)c1C1COCC=C1C. The third-order valence-corrected chi connectivity index (χ3v) is 4.65. The molecule has 2 atom stereocenters. The fourth-order valence-corrected chi connectivity index (χ4v) is 3.27. The number of hydrogen-bond donors (Lipinski definition) is 2. The van der Waals surface area contributed by atoms with Crippen LogP contribution in [0.2, 0.25) is 0 Å². The molecule has 0 spiro atoms. The molecule has 0 saturated carbocycles. The quantitative estimate of drug-likeness (QED) is 0.650. The largest absolute Gasteiger partial charge is 0.508 e. The van der Waals surface area contributed by atoms with Crippen LogP contribution in [0.1, 0.15) is 36.8 Å². The molecule has 4 nitrogen and oxygen atoms in total. The summed E-state index contributed by atoms with van der Waals surface area (Å²) in [6.07, 6.45) is 4.06. The van der Waals surface area contributed by atoms with Gasteiger partial charge >= 0.3 is 0 Å². The monoisotopic (exact) mass is 302 g/mol. The lowest BCUT2D eigenvalue weighted by Gasteiger charge is -2.30. The van der Waals surface area contributed by atoms with Gasteiger partial charge in [-0.2, -0.15) is 0 Å². The third-order valence-electron chi connectivity index (χ3n) is 4.65. The van der Waals surface area contributed by atoms with Gasteiger partial charge < -0.3 is 19.7 Å². The highest BCUT2D eigenvalue weighted by atomic mass is 16.5. The predicted octanol–water partition coefficient (Wildman–Crippen LogP) is 3.22. The highest BCUT2D eigenvalue weighted by Gasteiger charge is 2.30. The molecule has 3 rings (SSSR count). The molecule has 0 aliphatic carbocycles. The molecule has 0 saturated heterocycles. The lowest BCUT2D eigenvalue weighted by Crippen LogP contribution is -2.21. The Hall–Kier alpha value is -1.78. The lowest BCUT2D eigenvalue weighted by atomic mass is 9.80. The van der Waals surface area contributed by atoms with Gasteiger partial charge in [0.15, 0.2) is 0 Å². The normalized spacial score (nSPS) is 25.5. The minimum absolute atomic E-state index is 0.0365. The van der Waals surface area contributed by atoms with Gasteiger partial charge in [0.05, 0.1) is 26.4 Å². The number of rotatable bonds is 2. The summed E-state index contributed by atoms with van der Waals surface area (Å²) in [7, 11) is 0. The second-order valence-corrected chi connectivity index (χ2v) is 6.01. The molecular weight excluding hydrogens is 280 g/mol. The van der Waals surface area contributed by atoms with E-state index < -0.39 is 0 Å². The van der Waals surface area contributed by atoms with E-state index >= 15 is 0 Å². The van der Waals surface area contributed by atoms with Crippen molar-refractivity contribution in [2.75, 3.05) is 26.4 Å². The van der Waals surface area contributed by atoms with Gasteiger partial charge in [-0.15, -0.1) is 0 Å². The molecule has 4 heteroatoms. The van der Waals surface area contributed by atoms with Crippen molar-refractivity contribution in [2.45, 2.75) is 25.7 Å². The Kier molecular flexibility index (Phi) is 4.23. The Labute approximate surface area is 130 Å². The Morgan fingerprint density at radius 2 is 1.23 bits per heavy atom. The van der Waals surface area contributed by atoms with Gasteiger partial charge in [-0.25, -0.2) is 0 Å². The van der Waals surface area contributed by atoms with E-state index in [1.807, 2.05) is 26.0 Å². The molecule has 1 aromatic rings. The highest BCUT2D eigenvalue weighted by molar-refractivity contribution is 5.55. The van der Waals surface area contributed by atoms with E-state index in [9.17, 15) is 10.2 Å². The number of aromatic hydroxyl groups is 2. The van der Waals surface area contributed by atoms with Gasteiger partial charge in [-0.3, -0.25) is 0 Å². The van der Waals surface area contributed by atoms with Crippen LogP contribution in [0.4, 0.5) is 0 Å². The van der Waals surface area contributed by atoms with Crippen LogP contribution < -0.4 is 0 Å². The van der Waals surface area contributed by atoms with Crippen LogP contribution in [0.5, 0.6) is 11.5 Å². The van der Waals surface area contributed by atoms with Gasteiger partial charge in [0.2, 0.25) is 0 Å². The van der Waals surface area contributed by atoms with Gasteiger partial charge in [-0.1, -0.05) is 23.3 Å². The van der Waals surface area contributed by atoms with Crippen LogP contribution in [-0.2, 0) is 9.47 Å². The van der Waals surface area contributed by atoms with Crippen LogP contribution in [0.15, 0.2) is 35.4 Å². The molecule has 118 valence electrons. The van der Waals surface area contributed by atoms with Crippen molar-refractivity contribution >= 4 is 0 Å². The summed E-state index contributed by atoms with van der Waals surface area (Å²) in [5.41, 5.74) is 3.84. The number of hydrogen-bond acceptors (Lipinski definition) is 4. The van der Waals surface area contributed by atoms with E-state index in [0.717, 1.165) is 22.3 Å². The minimum Gasteiger partial charge on any atom is -0.508 e. The molecule has 0 bridgehead atoms. The van der Waals surface area contributed by atoms with Gasteiger partial charge in [0.25, 0.3) is 0 Å². The number of phenols is 2. The number of benzene rings is 1. The lowest BCUT2D eigenvalue weighted by molar-refractivity contribution is 0.134. The molecule has 0 amide bonds. The summed E-state index contributed by atoms with van der Waals surface area (Å²) in [4.78, 5) is 0. The van der Waals surface area contributed by atoms with Gasteiger partial charge in [0.1, 0.15) is 11.5 Å². The Morgan fingerprint density at radius 3 is 1.59 bits per heavy atom. The zero-order valence-corrected chi connectivity index (χ0v) is 13.0. The molecule has 22 heavy (non-hydrogen) atoms. The first-order valence-electron chi connectivity index (χ1n) is 7.63. The van der Waals surface area contributed by atoms with E-state index in [-0.39, 0.29) is 23.3 Å². The van der Waals surface area contributed by atoms with Crippen LogP contribution in [0, 0.1) is 0 Å². The van der Waals surface area contributed by atoms with Crippen LogP contribution in [0.25, 0.3) is 0 Å². The van der Waals surface area contributed by atoms with Crippen molar-refractivity contribution in [1.29, 1.82) is 0 Å². The molecule has 2 heterocycles. The standard InChI is InChI=1S/C18H22O4/c1-11-5-7-21-9-13(11)17-15(19)3-4-16(20)18(17)14-10-22-8-6-12(14)2/h3-6,13-14,19-20H,7-10H2,1-2H3. The molecule has 2 unspecified atom stereocenters. The zero-order valence-electron chi connectivity index (χ0n) is 13.0. The average molecular weight is 302 g/mol. The van der Waals surface area contributed by atoms with Crippen molar-refractivity contribution < 1.29 is 19.7 Å². The first-order valence-corrected chi connectivity index (χ1v) is 7.63. The molecule has 2 aliphatic rings. The van der Waals surface area contributed by atoms with E-state index in [2.05, 4.69) is 0 Å². The van der Waals surface area contributed by atoms with Gasteiger partial charge in [-0.05, 0) is 26.0 Å². The summed E-state index contributed by atoms with van der Waals surface area (Å²) in [6, 6.07) is 3.11. The van der Waals surface area contributed by atoms with Crippen molar-refractivity contribution in [3.05, 3.63) is 46.6 Å². The van der Waals surface area contributed by atoms with Crippen molar-refractivity contribution in [3.63, 3.8) is 0 Å². The molecule has 0 fully saturated rings. The van der Waals surface area contributed by atoms with Crippen LogP contribution in [-0.4, -0.2) is 36.6 Å². The van der Waals surface area contributed by atoms with Crippen molar-refractivity contribution in [3.8, 4) is 11.5 Å². The summed E-state index contributed by atoms with van der Waals surface area (Å²) in [6.45, 7) is 6.32. The fraction of sp³-hybridized carbons (Fsp3) is 0.444. The Morgan fingerprint density at radius 1 is 0.818 bits per heavy atom. The summed E-state index contributed by atoms with van der Waals surface area (Å²) in [5, 5.41) is 20.9. The van der Waals surface area contributed by atoms with Gasteiger partial charge in [0, 0.05) is 23.0 Å². The Bertz CT molecular complexity index is 575. The maximum absolute atomic E-state index is 10.4. The minimum atomic E-state index is -0.0365. The van der Waals surface area contributed by atoms with E-state index in [4.69, 9.17) is 9.47 Å². The molecule has 0 aromatic heterocycles. The molecule has 1 aromatic carbocycles. The smallest absolute Gasteiger partial charge is 0.120 e. The van der Waals surface area contributed by atoms with E-state index in [1.54, 1.807) is 12.1 Å². The average Bonchev–Trinajstić information content (AvgIpc) is 2.51. The van der Waals surface area contributed by atoms with E-state index in [0.29, 0.717) is 26.4 Å². The predicted molar refractivity (Wildman–Crippen MR) is 84.4 cm³/mol. The number of ether oxygens (including phenoxy) is 2. The topological polar surface area (TPSA) is 58.9 Å². The maximum Gasteiger partial charge on any atom is 0.120 e. The fourth-order valence-electron chi connectivity index (χ4n) is 3.27. The first kappa shape index (κ1) is 15.1. The molecule has 2 N–H and O–H groups in total. The van der Waals surface area contributed by atoms with Crippen molar-refractivity contribution in [2.24, 2.45) is 0 Å². The third kappa shape index (κ3) is 2.64. The summed E-state index contributed by atoms with van der Waals surface area (Å²) in [5.74, 6) is 0.333.